The number of benzene rings is 1. The lowest BCUT2D eigenvalue weighted by Crippen LogP contribution is -2.24. The van der Waals surface area contributed by atoms with Crippen LogP contribution in [0.3, 0.4) is 0 Å². The molecule has 1 aromatic rings. The predicted octanol–water partition coefficient (Wildman–Crippen LogP) is 1.86. The normalized spacial score (nSPS) is 10.2. The Balaban J connectivity index is 2.02. The zero-order valence-electron chi connectivity index (χ0n) is 10.3. The van der Waals surface area contributed by atoms with Crippen LogP contribution in [-0.4, -0.2) is 19.0 Å². The Kier molecular flexibility index (Phi) is 7.07. The maximum atomic E-state index is 11.4. The third-order valence-electron chi connectivity index (χ3n) is 2.67. The van der Waals surface area contributed by atoms with Crippen LogP contribution in [0.2, 0.25) is 0 Å². The van der Waals surface area contributed by atoms with Gasteiger partial charge in [-0.1, -0.05) is 30.3 Å². The molecule has 3 nitrogen and oxygen atoms in total. The van der Waals surface area contributed by atoms with Crippen molar-refractivity contribution in [3.05, 3.63) is 35.9 Å². The van der Waals surface area contributed by atoms with E-state index in [0.29, 0.717) is 13.0 Å². The fourth-order valence-corrected chi connectivity index (χ4v) is 1.68. The maximum absolute atomic E-state index is 11.4. The van der Waals surface area contributed by atoms with Crippen LogP contribution in [0.4, 0.5) is 0 Å². The first kappa shape index (κ1) is 13.7. The predicted molar refractivity (Wildman–Crippen MR) is 70.7 cm³/mol. The number of aryl methyl sites for hydroxylation is 1. The Labute approximate surface area is 103 Å². The molecule has 0 aliphatic rings. The third-order valence-corrected chi connectivity index (χ3v) is 2.67. The second kappa shape index (κ2) is 8.76. The van der Waals surface area contributed by atoms with E-state index in [1.54, 1.807) is 0 Å². The van der Waals surface area contributed by atoms with Gasteiger partial charge in [-0.2, -0.15) is 0 Å². The van der Waals surface area contributed by atoms with Gasteiger partial charge in [-0.15, -0.1) is 0 Å². The van der Waals surface area contributed by atoms with Crippen LogP contribution in [-0.2, 0) is 11.2 Å². The van der Waals surface area contributed by atoms with E-state index in [0.717, 1.165) is 32.2 Å². The van der Waals surface area contributed by atoms with Crippen molar-refractivity contribution in [3.8, 4) is 0 Å². The lowest BCUT2D eigenvalue weighted by molar-refractivity contribution is -0.121. The summed E-state index contributed by atoms with van der Waals surface area (Å²) in [6.07, 6.45) is 4.43. The molecule has 0 aromatic heterocycles. The Morgan fingerprint density at radius 3 is 2.59 bits per heavy atom. The molecule has 0 radical (unpaired) electrons. The number of nitrogens with one attached hydrogen (secondary N) is 1. The van der Waals surface area contributed by atoms with E-state index in [1.807, 2.05) is 18.2 Å². The molecule has 17 heavy (non-hydrogen) atoms. The van der Waals surface area contributed by atoms with Crippen molar-refractivity contribution in [1.82, 2.24) is 5.32 Å². The van der Waals surface area contributed by atoms with Crippen LogP contribution in [0, 0.1) is 0 Å². The minimum absolute atomic E-state index is 0.145. The summed E-state index contributed by atoms with van der Waals surface area (Å²) < 4.78 is 0. The number of nitrogens with two attached hydrogens (primary N) is 1. The van der Waals surface area contributed by atoms with Gasteiger partial charge in [0, 0.05) is 13.0 Å². The van der Waals surface area contributed by atoms with Crippen LogP contribution >= 0.6 is 0 Å². The lowest BCUT2D eigenvalue weighted by atomic mass is 10.1. The topological polar surface area (TPSA) is 55.1 Å². The Morgan fingerprint density at radius 2 is 1.88 bits per heavy atom. The molecular formula is C14H22N2O. The van der Waals surface area contributed by atoms with Crippen molar-refractivity contribution < 1.29 is 4.79 Å². The molecule has 0 aliphatic carbocycles. The largest absolute Gasteiger partial charge is 0.356 e. The molecule has 94 valence electrons. The fourth-order valence-electron chi connectivity index (χ4n) is 1.68. The quantitative estimate of drug-likeness (QED) is 0.675. The molecular weight excluding hydrogens is 212 g/mol. The van der Waals surface area contributed by atoms with E-state index in [9.17, 15) is 4.79 Å². The summed E-state index contributed by atoms with van der Waals surface area (Å²) >= 11 is 0. The summed E-state index contributed by atoms with van der Waals surface area (Å²) in [5.74, 6) is 0.145. The van der Waals surface area contributed by atoms with E-state index in [4.69, 9.17) is 5.73 Å². The van der Waals surface area contributed by atoms with Gasteiger partial charge in [0.05, 0.1) is 0 Å². The SMILES string of the molecule is NCCCCC(=O)NCCCc1ccccc1. The van der Waals surface area contributed by atoms with Crippen LogP contribution < -0.4 is 11.1 Å². The van der Waals surface area contributed by atoms with Crippen molar-refractivity contribution in [3.63, 3.8) is 0 Å². The summed E-state index contributed by atoms with van der Waals surface area (Å²) in [5.41, 5.74) is 6.69. The highest BCUT2D eigenvalue weighted by Crippen LogP contribution is 2.01. The highest BCUT2D eigenvalue weighted by atomic mass is 16.1. The van der Waals surface area contributed by atoms with E-state index in [1.165, 1.54) is 5.56 Å². The van der Waals surface area contributed by atoms with Crippen molar-refractivity contribution in [2.45, 2.75) is 32.1 Å². The van der Waals surface area contributed by atoms with Crippen molar-refractivity contribution >= 4 is 5.91 Å². The first-order valence-electron chi connectivity index (χ1n) is 6.33. The molecule has 1 amide bonds. The minimum Gasteiger partial charge on any atom is -0.356 e. The number of amides is 1. The number of carbonyl (C=O) groups is 1. The van der Waals surface area contributed by atoms with Gasteiger partial charge in [0.2, 0.25) is 5.91 Å². The molecule has 0 fully saturated rings. The zero-order chi connectivity index (χ0) is 12.3. The Morgan fingerprint density at radius 1 is 1.12 bits per heavy atom. The van der Waals surface area contributed by atoms with E-state index in [2.05, 4.69) is 17.4 Å². The van der Waals surface area contributed by atoms with Gasteiger partial charge in [0.1, 0.15) is 0 Å². The first-order valence-corrected chi connectivity index (χ1v) is 6.33. The molecule has 1 rings (SSSR count). The van der Waals surface area contributed by atoms with Gasteiger partial charge >= 0.3 is 0 Å². The summed E-state index contributed by atoms with van der Waals surface area (Å²) in [5, 5.41) is 2.93. The standard InChI is InChI=1S/C14H22N2O/c15-11-5-4-10-14(17)16-12-6-9-13-7-2-1-3-8-13/h1-3,7-8H,4-6,9-12,15H2,(H,16,17). The van der Waals surface area contributed by atoms with Crippen LogP contribution in [0.5, 0.6) is 0 Å². The van der Waals surface area contributed by atoms with Crippen LogP contribution in [0.25, 0.3) is 0 Å². The van der Waals surface area contributed by atoms with E-state index < -0.39 is 0 Å². The Hall–Kier alpha value is -1.35. The second-order valence-corrected chi connectivity index (χ2v) is 4.18. The Bertz CT molecular complexity index is 311. The molecule has 0 unspecified atom stereocenters. The average Bonchev–Trinajstić information content (AvgIpc) is 2.36. The third kappa shape index (κ3) is 6.74. The van der Waals surface area contributed by atoms with Gasteiger partial charge in [-0.05, 0) is 37.8 Å². The molecule has 0 saturated heterocycles. The highest BCUT2D eigenvalue weighted by Gasteiger charge is 1.99. The molecule has 0 heterocycles. The number of carbonyl (C=O) groups excluding carboxylic acids is 1. The van der Waals surface area contributed by atoms with E-state index >= 15 is 0 Å². The van der Waals surface area contributed by atoms with Gasteiger partial charge in [0.15, 0.2) is 0 Å². The average molecular weight is 234 g/mol. The molecule has 3 heteroatoms. The highest BCUT2D eigenvalue weighted by molar-refractivity contribution is 5.75. The van der Waals surface area contributed by atoms with Crippen molar-refractivity contribution in [2.75, 3.05) is 13.1 Å². The molecule has 0 aliphatic heterocycles. The number of unbranched alkanes of at least 4 members (excludes halogenated alkanes) is 1. The van der Waals surface area contributed by atoms with Crippen LogP contribution in [0.15, 0.2) is 30.3 Å². The molecule has 3 N–H and O–H groups in total. The first-order chi connectivity index (χ1) is 8.33. The smallest absolute Gasteiger partial charge is 0.219 e. The van der Waals surface area contributed by atoms with Gasteiger partial charge < -0.3 is 11.1 Å². The fraction of sp³-hybridized carbons (Fsp3) is 0.500. The van der Waals surface area contributed by atoms with Crippen molar-refractivity contribution in [1.29, 1.82) is 0 Å². The summed E-state index contributed by atoms with van der Waals surface area (Å²) in [4.78, 5) is 11.4. The van der Waals surface area contributed by atoms with Gasteiger partial charge in [-0.25, -0.2) is 0 Å². The van der Waals surface area contributed by atoms with Crippen molar-refractivity contribution in [2.24, 2.45) is 5.73 Å². The second-order valence-electron chi connectivity index (χ2n) is 4.18. The molecule has 0 spiro atoms. The minimum atomic E-state index is 0.145. The van der Waals surface area contributed by atoms with E-state index in [-0.39, 0.29) is 5.91 Å². The summed E-state index contributed by atoms with van der Waals surface area (Å²) in [6.45, 7) is 1.43. The number of rotatable bonds is 8. The summed E-state index contributed by atoms with van der Waals surface area (Å²) in [7, 11) is 0. The molecule has 1 aromatic carbocycles. The van der Waals surface area contributed by atoms with Crippen LogP contribution in [0.1, 0.15) is 31.2 Å². The maximum Gasteiger partial charge on any atom is 0.219 e. The number of hydrogen-bond acceptors (Lipinski definition) is 2. The lowest BCUT2D eigenvalue weighted by Gasteiger charge is -2.05. The zero-order valence-corrected chi connectivity index (χ0v) is 10.3. The van der Waals surface area contributed by atoms with Gasteiger partial charge in [-0.3, -0.25) is 4.79 Å². The number of hydrogen-bond donors (Lipinski definition) is 2. The van der Waals surface area contributed by atoms with Gasteiger partial charge in [0.25, 0.3) is 0 Å². The monoisotopic (exact) mass is 234 g/mol. The molecule has 0 atom stereocenters. The summed E-state index contributed by atoms with van der Waals surface area (Å²) in [6, 6.07) is 10.3. The molecule has 0 saturated carbocycles. The molecule has 0 bridgehead atoms.